The van der Waals surface area contributed by atoms with E-state index >= 15 is 0 Å². The van der Waals surface area contributed by atoms with Crippen molar-refractivity contribution in [3.05, 3.63) is 54.0 Å². The number of carbonyl (C=O) groups is 1. The molecule has 10 nitrogen and oxygen atoms in total. The molecule has 0 fully saturated rings. The summed E-state index contributed by atoms with van der Waals surface area (Å²) in [7, 11) is 6.97. The van der Waals surface area contributed by atoms with Gasteiger partial charge in [-0.15, -0.1) is 0 Å². The number of fused-ring (bicyclic) bond motifs is 3. The van der Waals surface area contributed by atoms with Gasteiger partial charge in [-0.1, -0.05) is 0 Å². The molecule has 2 heterocycles. The topological polar surface area (TPSA) is 121 Å². The number of hydrogen-bond acceptors (Lipinski definition) is 7. The highest BCUT2D eigenvalue weighted by molar-refractivity contribution is 6.00. The van der Waals surface area contributed by atoms with E-state index in [-0.39, 0.29) is 18.3 Å². The Morgan fingerprint density at radius 3 is 2.74 bits per heavy atom. The minimum absolute atomic E-state index is 0.0536. The number of likely N-dealkylation sites (N-methyl/N-ethyl adjacent to an activating group) is 1. The van der Waals surface area contributed by atoms with E-state index in [9.17, 15) is 4.79 Å². The second-order valence-corrected chi connectivity index (χ2v) is 8.13. The lowest BCUT2D eigenvalue weighted by Gasteiger charge is -2.17. The smallest absolute Gasteiger partial charge is 0.241 e. The van der Waals surface area contributed by atoms with Gasteiger partial charge >= 0.3 is 0 Å². The van der Waals surface area contributed by atoms with Gasteiger partial charge in [0.05, 0.1) is 30.7 Å². The van der Waals surface area contributed by atoms with Crippen molar-refractivity contribution in [1.29, 1.82) is 5.41 Å². The summed E-state index contributed by atoms with van der Waals surface area (Å²) in [4.78, 5) is 22.3. The molecule has 3 N–H and O–H groups in total. The molecule has 1 aromatic carbocycles. The summed E-state index contributed by atoms with van der Waals surface area (Å²) in [6.45, 7) is 0.157. The summed E-state index contributed by atoms with van der Waals surface area (Å²) < 4.78 is 7.19. The van der Waals surface area contributed by atoms with Gasteiger partial charge in [-0.25, -0.2) is 9.97 Å². The minimum atomic E-state index is -0.0536. The third-order valence-corrected chi connectivity index (χ3v) is 5.58. The second-order valence-electron chi connectivity index (χ2n) is 8.13. The molecule has 1 aliphatic carbocycles. The number of aromatic nitrogens is 4. The van der Waals surface area contributed by atoms with Crippen LogP contribution in [0, 0.1) is 5.41 Å². The zero-order valence-corrected chi connectivity index (χ0v) is 19.7. The standard InChI is InChI=1S/C24H28N8O2/c1-31(2)20(33)14-26-12-11-19(25)28-24-27-13-16-7-10-18-21(22(16)29-24)23(32(3)30-18)15-5-8-17(34-4)9-6-15/h5-6,8-9,11-13,26H,7,10,14H2,1-4H3,(H2,25,27,28,29)/b12-11-. The normalized spacial score (nSPS) is 12.1. The van der Waals surface area contributed by atoms with E-state index < -0.39 is 0 Å². The maximum absolute atomic E-state index is 11.6. The molecule has 1 amide bonds. The molecular formula is C24H28N8O2. The highest BCUT2D eigenvalue weighted by atomic mass is 16.5. The van der Waals surface area contributed by atoms with Gasteiger partial charge in [0.2, 0.25) is 11.9 Å². The Hall–Kier alpha value is -4.21. The highest BCUT2D eigenvalue weighted by Crippen LogP contribution is 2.39. The molecule has 34 heavy (non-hydrogen) atoms. The molecule has 0 radical (unpaired) electrons. The second kappa shape index (κ2) is 9.74. The lowest BCUT2D eigenvalue weighted by Crippen LogP contribution is -2.30. The first-order valence-electron chi connectivity index (χ1n) is 10.9. The number of hydrogen-bond donors (Lipinski definition) is 3. The van der Waals surface area contributed by atoms with Crippen LogP contribution in [-0.4, -0.2) is 64.1 Å². The molecule has 1 aliphatic rings. The van der Waals surface area contributed by atoms with E-state index in [1.54, 1.807) is 27.4 Å². The van der Waals surface area contributed by atoms with Gasteiger partial charge in [0.15, 0.2) is 0 Å². The summed E-state index contributed by atoms with van der Waals surface area (Å²) in [6.07, 6.45) is 6.50. The van der Waals surface area contributed by atoms with Crippen molar-refractivity contribution in [2.45, 2.75) is 12.8 Å². The number of amidine groups is 1. The fourth-order valence-corrected chi connectivity index (χ4v) is 3.81. The molecule has 10 heteroatoms. The van der Waals surface area contributed by atoms with E-state index in [0.717, 1.165) is 52.4 Å². The maximum atomic E-state index is 11.6. The van der Waals surface area contributed by atoms with Crippen LogP contribution in [-0.2, 0) is 24.7 Å². The zero-order valence-electron chi connectivity index (χ0n) is 19.7. The van der Waals surface area contributed by atoms with Crippen LogP contribution in [0.15, 0.2) is 42.7 Å². The molecule has 3 aromatic rings. The quantitative estimate of drug-likeness (QED) is 0.365. The van der Waals surface area contributed by atoms with Crippen LogP contribution in [0.4, 0.5) is 5.95 Å². The summed E-state index contributed by atoms with van der Waals surface area (Å²) in [6, 6.07) is 7.89. The number of ether oxygens (including phenoxy) is 1. The van der Waals surface area contributed by atoms with Gasteiger partial charge < -0.3 is 20.3 Å². The van der Waals surface area contributed by atoms with E-state index in [1.807, 2.05) is 42.2 Å². The first-order chi connectivity index (χ1) is 16.4. The number of benzene rings is 1. The van der Waals surface area contributed by atoms with E-state index in [4.69, 9.17) is 20.2 Å². The number of aryl methyl sites for hydroxylation is 3. The Labute approximate surface area is 198 Å². The fraction of sp³-hybridized carbons (Fsp3) is 0.292. The van der Waals surface area contributed by atoms with Crippen molar-refractivity contribution in [3.63, 3.8) is 0 Å². The minimum Gasteiger partial charge on any atom is -0.497 e. The highest BCUT2D eigenvalue weighted by Gasteiger charge is 2.27. The number of nitrogens with one attached hydrogen (secondary N) is 3. The van der Waals surface area contributed by atoms with Crippen molar-refractivity contribution in [3.8, 4) is 28.3 Å². The van der Waals surface area contributed by atoms with Crippen molar-refractivity contribution < 1.29 is 9.53 Å². The van der Waals surface area contributed by atoms with Gasteiger partial charge in [-0.05, 0) is 48.7 Å². The lowest BCUT2D eigenvalue weighted by atomic mass is 9.91. The first kappa shape index (κ1) is 23.0. The van der Waals surface area contributed by atoms with Crippen molar-refractivity contribution in [1.82, 2.24) is 30.0 Å². The summed E-state index contributed by atoms with van der Waals surface area (Å²) >= 11 is 0. The van der Waals surface area contributed by atoms with E-state index in [1.165, 1.54) is 11.0 Å². The van der Waals surface area contributed by atoms with Crippen LogP contribution in [0.5, 0.6) is 5.75 Å². The van der Waals surface area contributed by atoms with Gasteiger partial charge in [0.25, 0.3) is 0 Å². The summed E-state index contributed by atoms with van der Waals surface area (Å²) in [5.41, 5.74) is 5.86. The Kier molecular flexibility index (Phi) is 6.58. The third-order valence-electron chi connectivity index (χ3n) is 5.58. The fourth-order valence-electron chi connectivity index (χ4n) is 3.81. The molecule has 0 saturated heterocycles. The molecule has 0 bridgehead atoms. The van der Waals surface area contributed by atoms with Gasteiger partial charge in [-0.3, -0.25) is 14.9 Å². The predicted molar refractivity (Wildman–Crippen MR) is 131 cm³/mol. The van der Waals surface area contributed by atoms with Crippen LogP contribution in [0.2, 0.25) is 0 Å². The lowest BCUT2D eigenvalue weighted by molar-refractivity contribution is -0.127. The maximum Gasteiger partial charge on any atom is 0.241 e. The average molecular weight is 461 g/mol. The number of anilines is 1. The first-order valence-corrected chi connectivity index (χ1v) is 10.9. The number of rotatable bonds is 7. The average Bonchev–Trinajstić information content (AvgIpc) is 3.18. The molecule has 0 aliphatic heterocycles. The zero-order chi connectivity index (χ0) is 24.2. The van der Waals surface area contributed by atoms with Crippen LogP contribution in [0.3, 0.4) is 0 Å². The van der Waals surface area contributed by atoms with Crippen molar-refractivity contribution >= 4 is 17.7 Å². The molecule has 0 spiro atoms. The van der Waals surface area contributed by atoms with E-state index in [0.29, 0.717) is 5.95 Å². The monoisotopic (exact) mass is 460 g/mol. The molecule has 176 valence electrons. The molecule has 0 unspecified atom stereocenters. The van der Waals surface area contributed by atoms with Crippen LogP contribution < -0.4 is 15.4 Å². The number of amides is 1. The molecule has 0 atom stereocenters. The Balaban J connectivity index is 1.57. The molecule has 4 rings (SSSR count). The van der Waals surface area contributed by atoms with Gasteiger partial charge in [0.1, 0.15) is 11.6 Å². The number of methoxy groups -OCH3 is 1. The number of carbonyl (C=O) groups excluding carboxylic acids is 1. The summed E-state index contributed by atoms with van der Waals surface area (Å²) in [5.74, 6) is 1.17. The van der Waals surface area contributed by atoms with Crippen molar-refractivity contribution in [2.24, 2.45) is 7.05 Å². The summed E-state index contributed by atoms with van der Waals surface area (Å²) in [5, 5.41) is 18.7. The van der Waals surface area contributed by atoms with Crippen LogP contribution in [0.25, 0.3) is 22.5 Å². The van der Waals surface area contributed by atoms with Crippen LogP contribution in [0.1, 0.15) is 11.3 Å². The Bertz CT molecular complexity index is 1240. The van der Waals surface area contributed by atoms with Gasteiger partial charge in [0, 0.05) is 44.7 Å². The largest absolute Gasteiger partial charge is 0.497 e. The molecule has 0 saturated carbocycles. The third kappa shape index (κ3) is 4.75. The SMILES string of the molecule is COc1ccc(-c2c3c(nn2C)CCc2cnc(NC(=N)/C=C\NCC(=O)N(C)C)nc2-3)cc1. The van der Waals surface area contributed by atoms with Crippen LogP contribution >= 0.6 is 0 Å². The van der Waals surface area contributed by atoms with E-state index in [2.05, 4.69) is 15.6 Å². The molecular weight excluding hydrogens is 432 g/mol. The Morgan fingerprint density at radius 2 is 2.03 bits per heavy atom. The Morgan fingerprint density at radius 1 is 1.26 bits per heavy atom. The molecule has 2 aromatic heterocycles. The van der Waals surface area contributed by atoms with Gasteiger partial charge in [-0.2, -0.15) is 5.10 Å². The number of nitrogens with zero attached hydrogens (tertiary/aromatic N) is 5. The predicted octanol–water partition coefficient (Wildman–Crippen LogP) is 2.23. The van der Waals surface area contributed by atoms with Crippen molar-refractivity contribution in [2.75, 3.05) is 33.1 Å².